The highest BCUT2D eigenvalue weighted by molar-refractivity contribution is 9.10. The van der Waals surface area contributed by atoms with E-state index in [1.165, 1.54) is 18.5 Å². The summed E-state index contributed by atoms with van der Waals surface area (Å²) in [7, 11) is -3.15. The van der Waals surface area contributed by atoms with E-state index in [0.717, 1.165) is 32.2 Å². The topological polar surface area (TPSA) is 99.6 Å². The van der Waals surface area contributed by atoms with Gasteiger partial charge in [0.15, 0.2) is 9.84 Å². The lowest BCUT2D eigenvalue weighted by Crippen LogP contribution is -2.28. The van der Waals surface area contributed by atoms with Crippen LogP contribution in [0.4, 0.5) is 15.9 Å². The summed E-state index contributed by atoms with van der Waals surface area (Å²) in [5, 5.41) is 3.78. The Morgan fingerprint density at radius 1 is 1.09 bits per heavy atom. The minimum atomic E-state index is -3.15. The van der Waals surface area contributed by atoms with E-state index in [2.05, 4.69) is 31.2 Å². The zero-order chi connectivity index (χ0) is 30.5. The fourth-order valence-electron chi connectivity index (χ4n) is 4.77. The van der Waals surface area contributed by atoms with Crippen LogP contribution in [-0.4, -0.2) is 42.6 Å². The number of nitrogens with one attached hydrogen (secondary N) is 1. The Morgan fingerprint density at radius 2 is 1.95 bits per heavy atom. The number of nitrogens with zero attached hydrogens (tertiary/aromatic N) is 2. The smallest absolute Gasteiger partial charge is 0.154 e. The zero-order valence-corrected chi connectivity index (χ0v) is 26.3. The summed E-state index contributed by atoms with van der Waals surface area (Å²) in [6.07, 6.45) is 6.39. The van der Waals surface area contributed by atoms with Gasteiger partial charge in [-0.1, -0.05) is 18.2 Å². The molecule has 1 aromatic heterocycles. The molecular weight excluding hydrogens is 637 g/mol. The Morgan fingerprint density at radius 3 is 2.70 bits per heavy atom. The minimum absolute atomic E-state index is 0.00462. The predicted molar refractivity (Wildman–Crippen MR) is 169 cm³/mol. The van der Waals surface area contributed by atoms with Gasteiger partial charge in [0, 0.05) is 23.9 Å². The van der Waals surface area contributed by atoms with Crippen molar-refractivity contribution in [1.29, 1.82) is 0 Å². The molecule has 8 nitrogen and oxygen atoms in total. The van der Waals surface area contributed by atoms with Crippen LogP contribution in [0.2, 0.25) is 0 Å². The summed E-state index contributed by atoms with van der Waals surface area (Å²) >= 11 is 3.57. The van der Waals surface area contributed by atoms with E-state index < -0.39 is 20.7 Å². The second kappa shape index (κ2) is 13.4. The van der Waals surface area contributed by atoms with E-state index >= 15 is 0 Å². The number of aromatic nitrogens is 2. The Labute approximate surface area is 259 Å². The van der Waals surface area contributed by atoms with E-state index in [-0.39, 0.29) is 24.8 Å². The van der Waals surface area contributed by atoms with Gasteiger partial charge in [0.05, 0.1) is 40.5 Å². The summed E-state index contributed by atoms with van der Waals surface area (Å²) in [6.45, 7) is 4.09. The molecule has 5 rings (SSSR count). The van der Waals surface area contributed by atoms with Crippen molar-refractivity contribution in [3.05, 3.63) is 101 Å². The van der Waals surface area contributed by atoms with Crippen LogP contribution in [0.3, 0.4) is 0 Å². The largest absolute Gasteiger partial charge is 0.490 e. The number of rotatable bonds is 13. The van der Waals surface area contributed by atoms with E-state index in [4.69, 9.17) is 14.2 Å². The quantitative estimate of drug-likeness (QED) is 0.149. The highest BCUT2D eigenvalue weighted by atomic mass is 79.9. The molecule has 0 aliphatic carbocycles. The number of hydrogen-bond donors (Lipinski definition) is 1. The van der Waals surface area contributed by atoms with E-state index in [9.17, 15) is 12.8 Å². The first kappa shape index (κ1) is 30.9. The molecule has 1 aliphatic heterocycles. The maximum Gasteiger partial charge on any atom is 0.154 e. The molecule has 1 N–H and O–H groups in total. The SMILES string of the molecule is CC(C)S(=O)(=O)CCOCCC1(c2ccc3ncnc(Nc4ccc(OCc5cccc(F)c5)c(Br)c4)c3c2)CC=CO1. The number of fused-ring (bicyclic) bond motifs is 1. The lowest BCUT2D eigenvalue weighted by molar-refractivity contribution is 0.00279. The van der Waals surface area contributed by atoms with Gasteiger partial charge in [-0.3, -0.25) is 0 Å². The fourth-order valence-corrected chi connectivity index (χ4v) is 6.08. The molecule has 4 aromatic rings. The summed E-state index contributed by atoms with van der Waals surface area (Å²) in [5.74, 6) is 0.949. The van der Waals surface area contributed by atoms with Crippen molar-refractivity contribution in [3.63, 3.8) is 0 Å². The molecule has 2 heterocycles. The predicted octanol–water partition coefficient (Wildman–Crippen LogP) is 7.21. The van der Waals surface area contributed by atoms with Crippen LogP contribution in [0.1, 0.15) is 37.8 Å². The molecule has 0 bridgehead atoms. The average molecular weight is 671 g/mol. The van der Waals surface area contributed by atoms with Crippen LogP contribution in [0.5, 0.6) is 5.75 Å². The molecular formula is C32H33BrFN3O5S. The molecule has 1 aliphatic rings. The van der Waals surface area contributed by atoms with E-state index in [0.29, 0.717) is 31.0 Å². The molecule has 11 heteroatoms. The third kappa shape index (κ3) is 7.52. The van der Waals surface area contributed by atoms with Gasteiger partial charge in [0.25, 0.3) is 0 Å². The number of hydrogen-bond acceptors (Lipinski definition) is 8. The number of sulfone groups is 1. The maximum atomic E-state index is 13.5. The van der Waals surface area contributed by atoms with Gasteiger partial charge in [0.1, 0.15) is 35.9 Å². The monoisotopic (exact) mass is 669 g/mol. The Kier molecular flexibility index (Phi) is 9.63. The van der Waals surface area contributed by atoms with Gasteiger partial charge in [-0.05, 0) is 89.4 Å². The van der Waals surface area contributed by atoms with Gasteiger partial charge in [-0.25, -0.2) is 22.8 Å². The van der Waals surface area contributed by atoms with Crippen molar-refractivity contribution in [1.82, 2.24) is 9.97 Å². The highest BCUT2D eigenvalue weighted by Crippen LogP contribution is 2.40. The van der Waals surface area contributed by atoms with E-state index in [1.54, 1.807) is 26.2 Å². The van der Waals surface area contributed by atoms with Gasteiger partial charge >= 0.3 is 0 Å². The van der Waals surface area contributed by atoms with Crippen molar-refractivity contribution in [2.45, 2.75) is 44.1 Å². The second-order valence-electron chi connectivity index (χ2n) is 10.6. The number of ether oxygens (including phenoxy) is 3. The Hall–Kier alpha value is -3.54. The van der Waals surface area contributed by atoms with Crippen LogP contribution < -0.4 is 10.1 Å². The normalized spacial score (nSPS) is 16.5. The zero-order valence-electron chi connectivity index (χ0n) is 23.9. The Bertz CT molecular complexity index is 1720. The lowest BCUT2D eigenvalue weighted by Gasteiger charge is -2.29. The van der Waals surface area contributed by atoms with Crippen LogP contribution >= 0.6 is 15.9 Å². The van der Waals surface area contributed by atoms with Crippen LogP contribution in [0.25, 0.3) is 10.9 Å². The first-order valence-corrected chi connectivity index (χ1v) is 16.5. The molecule has 0 radical (unpaired) electrons. The van der Waals surface area contributed by atoms with Crippen molar-refractivity contribution < 1.29 is 27.0 Å². The molecule has 1 atom stereocenters. The summed E-state index contributed by atoms with van der Waals surface area (Å²) in [5.41, 5.74) is 2.60. The third-order valence-corrected chi connectivity index (χ3v) is 10.1. The molecule has 226 valence electrons. The van der Waals surface area contributed by atoms with Crippen molar-refractivity contribution in [3.8, 4) is 5.75 Å². The summed E-state index contributed by atoms with van der Waals surface area (Å²) in [6, 6.07) is 17.9. The molecule has 1 unspecified atom stereocenters. The second-order valence-corrected chi connectivity index (χ2v) is 14.1. The van der Waals surface area contributed by atoms with Crippen molar-refractivity contribution >= 4 is 48.2 Å². The molecule has 0 spiro atoms. The third-order valence-electron chi connectivity index (χ3n) is 7.36. The highest BCUT2D eigenvalue weighted by Gasteiger charge is 2.35. The number of halogens is 2. The van der Waals surface area contributed by atoms with Crippen molar-refractivity contribution in [2.75, 3.05) is 24.3 Å². The van der Waals surface area contributed by atoms with E-state index in [1.807, 2.05) is 48.5 Å². The first-order valence-electron chi connectivity index (χ1n) is 14.0. The lowest BCUT2D eigenvalue weighted by atomic mass is 9.87. The van der Waals surface area contributed by atoms with Gasteiger partial charge in [-0.2, -0.15) is 0 Å². The summed E-state index contributed by atoms with van der Waals surface area (Å²) in [4.78, 5) is 8.95. The molecule has 3 aromatic carbocycles. The van der Waals surface area contributed by atoms with Gasteiger partial charge < -0.3 is 19.5 Å². The minimum Gasteiger partial charge on any atom is -0.490 e. The maximum absolute atomic E-state index is 13.5. The molecule has 43 heavy (non-hydrogen) atoms. The Balaban J connectivity index is 1.30. The van der Waals surface area contributed by atoms with Crippen LogP contribution in [-0.2, 0) is 31.5 Å². The first-order chi connectivity index (χ1) is 20.6. The molecule has 0 amide bonds. The van der Waals surface area contributed by atoms with Gasteiger partial charge in [-0.15, -0.1) is 0 Å². The van der Waals surface area contributed by atoms with Crippen molar-refractivity contribution in [2.24, 2.45) is 0 Å². The van der Waals surface area contributed by atoms with Crippen LogP contribution in [0.15, 0.2) is 83.8 Å². The molecule has 0 fully saturated rings. The average Bonchev–Trinajstić information content (AvgIpc) is 3.46. The molecule has 0 saturated carbocycles. The van der Waals surface area contributed by atoms with Gasteiger partial charge in [0.2, 0.25) is 0 Å². The summed E-state index contributed by atoms with van der Waals surface area (Å²) < 4.78 is 56.2. The standard InChI is InChI=1S/C32H33BrFN3O5S/c1-22(2)43(38,39)16-15-40-14-12-32(11-4-13-42-32)24-7-9-29-27(18-24)31(36-21-35-29)37-26-8-10-30(28(33)19-26)41-20-23-5-3-6-25(34)17-23/h3-10,13,17-19,21-22H,11-12,14-16,20H2,1-2H3,(H,35,36,37). The number of benzene rings is 3. The fraction of sp³-hybridized carbons (Fsp3) is 0.312. The molecule has 0 saturated heterocycles. The number of anilines is 2. The van der Waals surface area contributed by atoms with Crippen LogP contribution in [0, 0.1) is 5.82 Å².